The van der Waals surface area contributed by atoms with E-state index in [1.807, 2.05) is 0 Å². The molecule has 2 rings (SSSR count). The molecular formula is C17H29N3O. The Hall–Kier alpha value is -1.00. The second-order valence-electron chi connectivity index (χ2n) is 6.46. The van der Waals surface area contributed by atoms with Crippen molar-refractivity contribution in [2.45, 2.75) is 65.5 Å². The Morgan fingerprint density at radius 1 is 1.19 bits per heavy atom. The fourth-order valence-corrected chi connectivity index (χ4v) is 2.79. The van der Waals surface area contributed by atoms with Gasteiger partial charge in [0.2, 0.25) is 0 Å². The van der Waals surface area contributed by atoms with Gasteiger partial charge in [-0.15, -0.1) is 0 Å². The molecule has 1 aliphatic carbocycles. The Labute approximate surface area is 128 Å². The normalized spacial score (nSPS) is 16.5. The van der Waals surface area contributed by atoms with Crippen LogP contribution in [-0.4, -0.2) is 29.7 Å². The molecule has 0 bridgehead atoms. The van der Waals surface area contributed by atoms with Crippen LogP contribution in [0.1, 0.15) is 62.0 Å². The average Bonchev–Trinajstić information content (AvgIpc) is 3.21. The highest BCUT2D eigenvalue weighted by Crippen LogP contribution is 2.24. The van der Waals surface area contributed by atoms with Crippen molar-refractivity contribution in [3.05, 3.63) is 22.8 Å². The number of rotatable bonds is 8. The summed E-state index contributed by atoms with van der Waals surface area (Å²) in [5.74, 6) is 1.20. The van der Waals surface area contributed by atoms with Gasteiger partial charge in [-0.3, -0.25) is 0 Å². The van der Waals surface area contributed by atoms with Gasteiger partial charge < -0.3 is 10.1 Å². The summed E-state index contributed by atoms with van der Waals surface area (Å²) in [4.78, 5) is 9.39. The van der Waals surface area contributed by atoms with Crippen LogP contribution in [0.15, 0.2) is 0 Å². The number of nitrogens with one attached hydrogen (secondary N) is 1. The average molecular weight is 291 g/mol. The lowest BCUT2D eigenvalue weighted by atomic mass is 10.0. The van der Waals surface area contributed by atoms with E-state index in [9.17, 15) is 0 Å². The Bertz CT molecular complexity index is 446. The predicted molar refractivity (Wildman–Crippen MR) is 85.4 cm³/mol. The molecular weight excluding hydrogens is 262 g/mol. The van der Waals surface area contributed by atoms with Crippen molar-refractivity contribution in [2.24, 2.45) is 5.92 Å². The zero-order valence-electron chi connectivity index (χ0n) is 14.1. The minimum absolute atomic E-state index is 0.0204. The van der Waals surface area contributed by atoms with Gasteiger partial charge in [0.25, 0.3) is 0 Å². The zero-order chi connectivity index (χ0) is 15.4. The molecule has 1 heterocycles. The van der Waals surface area contributed by atoms with E-state index < -0.39 is 0 Å². The summed E-state index contributed by atoms with van der Waals surface area (Å²) < 4.78 is 5.54. The molecule has 0 aromatic carbocycles. The van der Waals surface area contributed by atoms with Gasteiger partial charge in [-0.1, -0.05) is 13.8 Å². The largest absolute Gasteiger partial charge is 0.373 e. The van der Waals surface area contributed by atoms with E-state index in [0.29, 0.717) is 5.92 Å². The summed E-state index contributed by atoms with van der Waals surface area (Å²) in [6.45, 7) is 9.56. The molecule has 0 radical (unpaired) electrons. The lowest BCUT2D eigenvalue weighted by Gasteiger charge is -2.20. The molecule has 0 saturated heterocycles. The van der Waals surface area contributed by atoms with Gasteiger partial charge in [-0.05, 0) is 57.6 Å². The van der Waals surface area contributed by atoms with Crippen LogP contribution in [0.4, 0.5) is 0 Å². The maximum Gasteiger partial charge on any atom is 0.157 e. The number of hydrogen-bond acceptors (Lipinski definition) is 4. The third-order valence-electron chi connectivity index (χ3n) is 4.17. The number of aryl methyl sites for hydroxylation is 2. The third kappa shape index (κ3) is 4.48. The van der Waals surface area contributed by atoms with Gasteiger partial charge in [0.15, 0.2) is 5.82 Å². The highest BCUT2D eigenvalue weighted by Gasteiger charge is 2.21. The molecule has 21 heavy (non-hydrogen) atoms. The zero-order valence-corrected chi connectivity index (χ0v) is 14.1. The van der Waals surface area contributed by atoms with E-state index >= 15 is 0 Å². The first-order valence-electron chi connectivity index (χ1n) is 8.13. The summed E-state index contributed by atoms with van der Waals surface area (Å²) in [6.07, 6.45) is 4.89. The fourth-order valence-electron chi connectivity index (χ4n) is 2.79. The maximum absolute atomic E-state index is 5.54. The van der Waals surface area contributed by atoms with E-state index in [4.69, 9.17) is 14.7 Å². The van der Waals surface area contributed by atoms with Crippen LogP contribution < -0.4 is 5.32 Å². The van der Waals surface area contributed by atoms with E-state index in [1.54, 1.807) is 7.11 Å². The first-order valence-corrected chi connectivity index (χ1v) is 8.13. The molecule has 1 aromatic rings. The van der Waals surface area contributed by atoms with E-state index in [-0.39, 0.29) is 6.10 Å². The molecule has 4 nitrogen and oxygen atoms in total. The molecule has 1 aliphatic rings. The second kappa shape index (κ2) is 7.32. The maximum atomic E-state index is 5.54. The molecule has 0 amide bonds. The predicted octanol–water partition coefficient (Wildman–Crippen LogP) is 3.12. The van der Waals surface area contributed by atoms with E-state index in [1.165, 1.54) is 18.4 Å². The molecule has 1 N–H and O–H groups in total. The number of ether oxygens (including phenoxy) is 1. The van der Waals surface area contributed by atoms with Crippen molar-refractivity contribution in [3.8, 4) is 0 Å². The van der Waals surface area contributed by atoms with E-state index in [0.717, 1.165) is 42.6 Å². The number of hydrogen-bond donors (Lipinski definition) is 1. The van der Waals surface area contributed by atoms with Crippen molar-refractivity contribution in [3.63, 3.8) is 0 Å². The first-order chi connectivity index (χ1) is 10.0. The van der Waals surface area contributed by atoms with Gasteiger partial charge in [0, 0.05) is 24.5 Å². The Balaban J connectivity index is 2.01. The highest BCUT2D eigenvalue weighted by atomic mass is 16.5. The smallest absolute Gasteiger partial charge is 0.157 e. The summed E-state index contributed by atoms with van der Waals surface area (Å²) in [7, 11) is 1.73. The van der Waals surface area contributed by atoms with Crippen LogP contribution in [0.5, 0.6) is 0 Å². The molecule has 0 spiro atoms. The summed E-state index contributed by atoms with van der Waals surface area (Å²) in [6, 6.07) is 0.791. The molecule has 1 unspecified atom stereocenters. The van der Waals surface area contributed by atoms with Crippen molar-refractivity contribution in [1.82, 2.24) is 15.3 Å². The lowest BCUT2D eigenvalue weighted by Crippen LogP contribution is -2.19. The summed E-state index contributed by atoms with van der Waals surface area (Å²) in [5.41, 5.74) is 3.51. The minimum Gasteiger partial charge on any atom is -0.373 e. The van der Waals surface area contributed by atoms with E-state index in [2.05, 4.69) is 33.0 Å². The summed E-state index contributed by atoms with van der Waals surface area (Å²) >= 11 is 0. The van der Waals surface area contributed by atoms with Crippen LogP contribution in [-0.2, 0) is 11.2 Å². The van der Waals surface area contributed by atoms with Crippen molar-refractivity contribution in [2.75, 3.05) is 13.7 Å². The Morgan fingerprint density at radius 3 is 2.29 bits per heavy atom. The highest BCUT2D eigenvalue weighted by molar-refractivity contribution is 5.25. The molecule has 1 saturated carbocycles. The molecule has 1 fully saturated rings. The van der Waals surface area contributed by atoms with Gasteiger partial charge in [-0.2, -0.15) is 0 Å². The lowest BCUT2D eigenvalue weighted by molar-refractivity contribution is 0.0571. The Kier molecular flexibility index (Phi) is 5.71. The molecule has 118 valence electrons. The van der Waals surface area contributed by atoms with Crippen molar-refractivity contribution < 1.29 is 4.74 Å². The molecule has 1 atom stereocenters. The standard InChI is InChI=1S/C17H29N3O/c1-11(2)16(21-5)17-19-12(3)15(13(4)20-17)7-6-10-18-14-8-9-14/h11,14,16,18H,6-10H2,1-5H3. The molecule has 4 heteroatoms. The minimum atomic E-state index is -0.0204. The first kappa shape index (κ1) is 16.4. The van der Waals surface area contributed by atoms with Crippen LogP contribution in [0, 0.1) is 19.8 Å². The number of nitrogens with zero attached hydrogens (tertiary/aromatic N) is 2. The van der Waals surface area contributed by atoms with Gasteiger partial charge >= 0.3 is 0 Å². The summed E-state index contributed by atoms with van der Waals surface area (Å²) in [5, 5.41) is 3.56. The monoisotopic (exact) mass is 291 g/mol. The third-order valence-corrected chi connectivity index (χ3v) is 4.17. The molecule has 1 aromatic heterocycles. The fraction of sp³-hybridized carbons (Fsp3) is 0.765. The van der Waals surface area contributed by atoms with Crippen LogP contribution >= 0.6 is 0 Å². The van der Waals surface area contributed by atoms with Gasteiger partial charge in [0.1, 0.15) is 6.10 Å². The topological polar surface area (TPSA) is 47.0 Å². The molecule has 0 aliphatic heterocycles. The number of aromatic nitrogens is 2. The quantitative estimate of drug-likeness (QED) is 0.748. The van der Waals surface area contributed by atoms with Crippen LogP contribution in [0.2, 0.25) is 0 Å². The SMILES string of the molecule is COC(c1nc(C)c(CCCNC2CC2)c(C)n1)C(C)C. The Morgan fingerprint density at radius 2 is 1.81 bits per heavy atom. The number of methoxy groups -OCH3 is 1. The second-order valence-corrected chi connectivity index (χ2v) is 6.46. The van der Waals surface area contributed by atoms with Crippen LogP contribution in [0.25, 0.3) is 0 Å². The van der Waals surface area contributed by atoms with Gasteiger partial charge in [0.05, 0.1) is 0 Å². The van der Waals surface area contributed by atoms with Crippen molar-refractivity contribution in [1.29, 1.82) is 0 Å². The van der Waals surface area contributed by atoms with Gasteiger partial charge in [-0.25, -0.2) is 9.97 Å². The van der Waals surface area contributed by atoms with Crippen molar-refractivity contribution >= 4 is 0 Å². The van der Waals surface area contributed by atoms with Crippen LogP contribution in [0.3, 0.4) is 0 Å².